The molecule has 1 spiro atoms. The number of Topliss-reactive ketones (excluding diaryl/α,β-unsaturated/α-hetero) is 1. The number of hydrogen-bond acceptors (Lipinski definition) is 7. The van der Waals surface area contributed by atoms with Crippen molar-refractivity contribution in [2.24, 2.45) is 9.98 Å². The van der Waals surface area contributed by atoms with Gasteiger partial charge in [-0.2, -0.15) is 0 Å². The zero-order valence-corrected chi connectivity index (χ0v) is 13.8. The number of aliphatic hydroxyl groups excluding tert-OH is 3. The second-order valence-corrected chi connectivity index (χ2v) is 7.93. The van der Waals surface area contributed by atoms with E-state index in [0.717, 1.165) is 21.4 Å². The number of aliphatic hydroxyl groups is 3. The van der Waals surface area contributed by atoms with Crippen LogP contribution in [0.3, 0.4) is 0 Å². The third-order valence-corrected chi connectivity index (χ3v) is 6.86. The maximum absolute atomic E-state index is 13.1. The number of phenolic OH excluding ortho intramolecular Hbond substituents is 1. The highest BCUT2D eigenvalue weighted by Crippen LogP contribution is 2.47. The van der Waals surface area contributed by atoms with Crippen molar-refractivity contribution in [3.63, 3.8) is 0 Å². The van der Waals surface area contributed by atoms with Gasteiger partial charge in [0.1, 0.15) is 47.0 Å². The Morgan fingerprint density at radius 3 is 2.88 bits per heavy atom. The van der Waals surface area contributed by atoms with E-state index in [0.29, 0.717) is 24.2 Å². The molecule has 0 saturated heterocycles. The fourth-order valence-electron chi connectivity index (χ4n) is 5.86. The van der Waals surface area contributed by atoms with Crippen molar-refractivity contribution in [1.29, 1.82) is 0 Å². The summed E-state index contributed by atoms with van der Waals surface area (Å²) in [6, 6.07) is -0.547. The molecule has 4 aliphatic heterocycles. The molecule has 0 amide bonds. The first-order valence-electron chi connectivity index (χ1n) is 8.93. The molecule has 0 radical (unpaired) electrons. The van der Waals surface area contributed by atoms with Crippen molar-refractivity contribution < 1.29 is 30.1 Å². The van der Waals surface area contributed by atoms with E-state index in [4.69, 9.17) is 0 Å². The number of phenols is 1. The standard InChI is InChI=1S/C18H17N3O5/c22-7-3-8(23)18-4-9(24)20-13-11(18)15-10-6(5-19-12(10)16(13)25)1-2-21(15)14(7)17(18)26/h5,7,9,14,17,22,24-26H,1-4H2/p+1/t7-,9+,14?,17+,18+/m1/s1. The van der Waals surface area contributed by atoms with Crippen LogP contribution in [-0.4, -0.2) is 63.4 Å². The number of hydrogen-bond donors (Lipinski definition) is 5. The number of quaternary nitrogens is 1. The highest BCUT2D eigenvalue weighted by molar-refractivity contribution is 6.09. The van der Waals surface area contributed by atoms with Gasteiger partial charge in [0.2, 0.25) is 0 Å². The zero-order valence-electron chi connectivity index (χ0n) is 13.8. The molecule has 1 fully saturated rings. The number of nitrogens with one attached hydrogen (secondary N) is 1. The Morgan fingerprint density at radius 1 is 1.27 bits per heavy atom. The summed E-state index contributed by atoms with van der Waals surface area (Å²) in [5, 5.41) is 43.9. The second-order valence-electron chi connectivity index (χ2n) is 7.93. The van der Waals surface area contributed by atoms with E-state index in [1.165, 1.54) is 0 Å². The molecule has 5 N–H and O–H groups in total. The third kappa shape index (κ3) is 1.39. The monoisotopic (exact) mass is 356 g/mol. The second kappa shape index (κ2) is 4.40. The molecule has 5 aliphatic rings. The molecule has 8 heteroatoms. The summed E-state index contributed by atoms with van der Waals surface area (Å²) < 4.78 is 0. The van der Waals surface area contributed by atoms with E-state index in [2.05, 4.69) is 9.98 Å². The van der Waals surface area contributed by atoms with Crippen LogP contribution in [0.25, 0.3) is 5.57 Å². The van der Waals surface area contributed by atoms with Crippen LogP contribution in [0, 0.1) is 0 Å². The fraction of sp³-hybridized carbons (Fsp3) is 0.500. The molecule has 1 aromatic rings. The average molecular weight is 356 g/mol. The van der Waals surface area contributed by atoms with Gasteiger partial charge in [0.15, 0.2) is 5.75 Å². The first-order valence-corrected chi connectivity index (χ1v) is 8.93. The number of carbonyl (C=O) groups is 1. The molecule has 4 heterocycles. The Kier molecular flexibility index (Phi) is 2.53. The van der Waals surface area contributed by atoms with Crippen LogP contribution in [0.15, 0.2) is 9.98 Å². The number of aliphatic imine (C=N–C) groups is 1. The number of aromatic hydroxyl groups is 1. The SMILES string of the molecule is O=C1C[C@@H](O)C2[C@H](O)[C@@]13C[C@H](O)N=c1c(O)c4c5c(c13)[NH+]2CCC=5C=N4. The summed E-state index contributed by atoms with van der Waals surface area (Å²) in [6.45, 7) is 0.663. The van der Waals surface area contributed by atoms with Crippen LogP contribution in [0.2, 0.25) is 0 Å². The Balaban J connectivity index is 1.87. The number of nitrogens with zero attached hydrogens (tertiary/aromatic N) is 2. The molecular formula is C18H18N3O5+. The quantitative estimate of drug-likeness (QED) is 0.314. The number of benzene rings is 1. The molecule has 6 rings (SSSR count). The van der Waals surface area contributed by atoms with Crippen LogP contribution in [0.5, 0.6) is 5.75 Å². The maximum atomic E-state index is 13.1. The van der Waals surface area contributed by atoms with Crippen LogP contribution in [-0.2, 0) is 10.2 Å². The minimum Gasteiger partial charge on any atom is -0.504 e. The summed E-state index contributed by atoms with van der Waals surface area (Å²) >= 11 is 0. The first-order chi connectivity index (χ1) is 12.4. The van der Waals surface area contributed by atoms with Crippen molar-refractivity contribution in [3.8, 4) is 5.75 Å². The van der Waals surface area contributed by atoms with E-state index in [-0.39, 0.29) is 29.7 Å². The van der Waals surface area contributed by atoms with Crippen LogP contribution < -0.4 is 15.5 Å². The van der Waals surface area contributed by atoms with E-state index >= 15 is 0 Å². The molecule has 0 aromatic heterocycles. The molecular weight excluding hydrogens is 338 g/mol. The number of carbonyl (C=O) groups excluding carboxylic acids is 1. The Labute approximate surface area is 147 Å². The highest BCUT2D eigenvalue weighted by Gasteiger charge is 2.66. The summed E-state index contributed by atoms with van der Waals surface area (Å²) in [4.78, 5) is 22.6. The summed E-state index contributed by atoms with van der Waals surface area (Å²) in [6.07, 6.45) is -0.934. The van der Waals surface area contributed by atoms with Gasteiger partial charge in [-0.3, -0.25) is 14.7 Å². The third-order valence-electron chi connectivity index (χ3n) is 6.86. The topological polar surface area (TPSA) is 127 Å². The molecule has 1 aliphatic carbocycles. The van der Waals surface area contributed by atoms with Crippen molar-refractivity contribution in [2.75, 3.05) is 6.54 Å². The minimum atomic E-state index is -1.34. The molecule has 8 nitrogen and oxygen atoms in total. The van der Waals surface area contributed by atoms with Crippen LogP contribution >= 0.6 is 0 Å². The van der Waals surface area contributed by atoms with Gasteiger partial charge in [-0.15, -0.1) is 0 Å². The summed E-state index contributed by atoms with van der Waals surface area (Å²) in [7, 11) is 0. The smallest absolute Gasteiger partial charge is 0.168 e. The number of rotatable bonds is 0. The van der Waals surface area contributed by atoms with Crippen molar-refractivity contribution in [1.82, 2.24) is 0 Å². The minimum absolute atomic E-state index is 0.0298. The summed E-state index contributed by atoms with van der Waals surface area (Å²) in [5.41, 5.74) is 1.41. The lowest BCUT2D eigenvalue weighted by Crippen LogP contribution is -3.18. The van der Waals surface area contributed by atoms with Crippen LogP contribution in [0.1, 0.15) is 24.8 Å². The molecule has 134 valence electrons. The van der Waals surface area contributed by atoms with E-state index in [9.17, 15) is 25.2 Å². The summed E-state index contributed by atoms with van der Waals surface area (Å²) in [5.74, 6) is -0.446. The molecule has 26 heavy (non-hydrogen) atoms. The van der Waals surface area contributed by atoms with Crippen molar-refractivity contribution in [3.05, 3.63) is 16.1 Å². The predicted molar refractivity (Wildman–Crippen MR) is 88.3 cm³/mol. The molecule has 6 atom stereocenters. The van der Waals surface area contributed by atoms with Gasteiger partial charge in [0.05, 0.1) is 22.7 Å². The van der Waals surface area contributed by atoms with Gasteiger partial charge >= 0.3 is 0 Å². The molecule has 2 unspecified atom stereocenters. The average Bonchev–Trinajstić information content (AvgIpc) is 3.03. The van der Waals surface area contributed by atoms with Crippen LogP contribution in [0.4, 0.5) is 11.4 Å². The molecule has 2 bridgehead atoms. The van der Waals surface area contributed by atoms with Gasteiger partial charge in [0, 0.05) is 25.5 Å². The van der Waals surface area contributed by atoms with E-state index in [1.54, 1.807) is 6.21 Å². The zero-order chi connectivity index (χ0) is 18.0. The normalized spacial score (nSPS) is 41.1. The van der Waals surface area contributed by atoms with Gasteiger partial charge < -0.3 is 20.4 Å². The first kappa shape index (κ1) is 15.0. The van der Waals surface area contributed by atoms with Crippen molar-refractivity contribution in [2.45, 2.75) is 49.2 Å². The highest BCUT2D eigenvalue weighted by atomic mass is 16.3. The number of fused-ring (bicyclic) bond motifs is 2. The lowest BCUT2D eigenvalue weighted by Gasteiger charge is -2.54. The number of ketones is 1. The Morgan fingerprint density at radius 2 is 2.08 bits per heavy atom. The maximum Gasteiger partial charge on any atom is 0.168 e. The van der Waals surface area contributed by atoms with Gasteiger partial charge in [-0.05, 0) is 5.57 Å². The van der Waals surface area contributed by atoms with E-state index in [1.807, 2.05) is 0 Å². The van der Waals surface area contributed by atoms with Gasteiger partial charge in [0.25, 0.3) is 0 Å². The van der Waals surface area contributed by atoms with Gasteiger partial charge in [-0.1, -0.05) is 0 Å². The molecule has 1 aromatic carbocycles. The largest absolute Gasteiger partial charge is 0.504 e. The Bertz CT molecular complexity index is 1060. The van der Waals surface area contributed by atoms with Gasteiger partial charge in [-0.25, -0.2) is 4.99 Å². The Hall–Kier alpha value is -2.13. The van der Waals surface area contributed by atoms with E-state index < -0.39 is 29.9 Å². The molecule has 1 saturated carbocycles. The lowest BCUT2D eigenvalue weighted by atomic mass is 9.57. The lowest BCUT2D eigenvalue weighted by molar-refractivity contribution is -0.875. The fourth-order valence-corrected chi connectivity index (χ4v) is 5.86. The predicted octanol–water partition coefficient (Wildman–Crippen LogP) is -3.16. The van der Waals surface area contributed by atoms with Crippen molar-refractivity contribution >= 4 is 28.9 Å².